The minimum atomic E-state index is -3.17. The number of carbonyl (C=O) groups is 6. The number of hydrogen-bond acceptors (Lipinski definition) is 15. The van der Waals surface area contributed by atoms with Crippen LogP contribution < -0.4 is 10.1 Å². The van der Waals surface area contributed by atoms with Gasteiger partial charge in [0.25, 0.3) is 5.91 Å². The van der Waals surface area contributed by atoms with Gasteiger partial charge in [0.2, 0.25) is 8.32 Å². The highest BCUT2D eigenvalue weighted by Crippen LogP contribution is 2.65. The Bertz CT molecular complexity index is 2980. The Morgan fingerprint density at radius 3 is 1.97 bits per heavy atom. The Morgan fingerprint density at radius 1 is 0.779 bits per heavy atom. The van der Waals surface area contributed by atoms with Crippen molar-refractivity contribution in [3.63, 3.8) is 0 Å². The van der Waals surface area contributed by atoms with Gasteiger partial charge in [0.1, 0.15) is 36.3 Å². The van der Waals surface area contributed by atoms with E-state index in [1.54, 1.807) is 113 Å². The van der Waals surface area contributed by atoms with Crippen LogP contribution in [0.25, 0.3) is 0 Å². The maximum Gasteiger partial charge on any atom is 0.338 e. The highest BCUT2D eigenvalue weighted by Gasteiger charge is 2.79. The second-order valence-electron chi connectivity index (χ2n) is 26.1. The molecule has 2 aliphatic heterocycles. The number of ether oxygens (including phenoxy) is 6. The van der Waals surface area contributed by atoms with Gasteiger partial charge < -0.3 is 47.7 Å². The van der Waals surface area contributed by atoms with E-state index in [0.29, 0.717) is 59.8 Å². The number of benzene rings is 3. The average Bonchev–Trinajstić information content (AvgIpc) is 0.670. The van der Waals surface area contributed by atoms with Crippen molar-refractivity contribution in [1.82, 2.24) is 5.32 Å². The first-order valence-electron chi connectivity index (χ1n) is 31.3. The Kier molecular flexibility index (Phi) is 20.4. The van der Waals surface area contributed by atoms with Crippen LogP contribution in [-0.2, 0) is 51.7 Å². The number of carbonyl (C=O) groups excluding carboxylic acids is 6. The molecule has 1 amide bonds. The van der Waals surface area contributed by atoms with E-state index < -0.39 is 129 Å². The summed E-state index contributed by atoms with van der Waals surface area (Å²) in [5.74, 6) is -5.33. The van der Waals surface area contributed by atoms with Crippen molar-refractivity contribution in [2.75, 3.05) is 13.2 Å². The van der Waals surface area contributed by atoms with Gasteiger partial charge in [-0.1, -0.05) is 143 Å². The zero-order valence-electron chi connectivity index (χ0n) is 53.0. The van der Waals surface area contributed by atoms with Crippen LogP contribution in [0.1, 0.15) is 168 Å². The van der Waals surface area contributed by atoms with Gasteiger partial charge in [-0.05, 0) is 109 Å². The third-order valence-corrected chi connectivity index (χ3v) is 31.1. The zero-order chi connectivity index (χ0) is 62.7. The molecule has 2 saturated carbocycles. The second kappa shape index (κ2) is 26.5. The number of nitrogens with one attached hydrogen (secondary N) is 1. The van der Waals surface area contributed by atoms with E-state index in [2.05, 4.69) is 67.6 Å². The molecule has 2 N–H and O–H groups in total. The normalized spacial score (nSPS) is 30.2. The molecule has 8 rings (SSSR count). The van der Waals surface area contributed by atoms with Crippen LogP contribution in [0, 0.1) is 16.7 Å². The lowest BCUT2D eigenvalue weighted by Gasteiger charge is -2.68. The van der Waals surface area contributed by atoms with Gasteiger partial charge in [0.05, 0.1) is 35.6 Å². The maximum atomic E-state index is 17.0. The lowest BCUT2D eigenvalue weighted by Crippen LogP contribution is -2.82. The summed E-state index contributed by atoms with van der Waals surface area (Å²) >= 11 is 0. The molecule has 3 aromatic rings. The SMILES string of the molecule is CC[Si](CC)(CC)O[C@H]1C[C@H]2OC[C@]23OC(=O)CCCC/C=C\COc2ccccc2[C@H](NC(=O)c2ccccc2)[C@@H](O[Si](C(C)C)(C(C)C)C(C)C)C(=O)O[C@H]2C[C@@]4(O)[C@@H](OC(=O)c5ccccc5)[C@H]3[C@]1(C)C(=O)[C@H](OC(C)=O)C(=C2C)C4(C)C. The van der Waals surface area contributed by atoms with Crippen LogP contribution in [0.4, 0.5) is 0 Å². The number of fused-ring (bicyclic) bond motifs is 3. The number of Topliss-reactive ketones (excluding diaryl/α,β-unsaturated/α-hetero) is 1. The summed E-state index contributed by atoms with van der Waals surface area (Å²) < 4.78 is 55.4. The molecule has 11 atom stereocenters. The quantitative estimate of drug-likeness (QED) is 0.0628. The van der Waals surface area contributed by atoms with Gasteiger partial charge in [-0.3, -0.25) is 19.2 Å². The van der Waals surface area contributed by atoms with E-state index in [-0.39, 0.29) is 53.8 Å². The van der Waals surface area contributed by atoms with E-state index >= 15 is 14.4 Å². The first-order chi connectivity index (χ1) is 40.7. The number of ketones is 1. The van der Waals surface area contributed by atoms with Gasteiger partial charge in [0.15, 0.2) is 31.9 Å². The Morgan fingerprint density at radius 2 is 1.38 bits per heavy atom. The van der Waals surface area contributed by atoms with Crippen LogP contribution in [0.2, 0.25) is 34.8 Å². The maximum absolute atomic E-state index is 17.0. The summed E-state index contributed by atoms with van der Waals surface area (Å²) in [6.07, 6.45) is -3.38. The number of rotatable bonds is 15. The van der Waals surface area contributed by atoms with Crippen LogP contribution >= 0.6 is 0 Å². The van der Waals surface area contributed by atoms with Gasteiger partial charge in [-0.15, -0.1) is 0 Å². The Hall–Kier alpha value is -5.77. The van der Waals surface area contributed by atoms with E-state index in [1.165, 1.54) is 6.92 Å². The van der Waals surface area contributed by atoms with Crippen molar-refractivity contribution < 1.29 is 71.1 Å². The van der Waals surface area contributed by atoms with Crippen LogP contribution in [0.15, 0.2) is 108 Å². The number of hydrogen-bond donors (Lipinski definition) is 2. The standard InChI is InChI=1S/C68H93NO15Si2/c1-15-85(16-2,17-3)83-52-39-53-67(41-78-53)59-61(81-63(74)48-33-25-22-26-34-48)68(76)40-51(45(10)55(65(68,12)13)57(79-46(11)70)60(72)66(52,59)14)80-64(75)58(84-86(42(4)5,43(6)7)44(8)9)56(69-62(73)47-31-23-21-24-32-47)49-35-28-29-36-50(49)77-38-30-20-18-19-27-37-54(71)82-67/h20-26,28-36,42-44,51-53,56-59,61,76H,15-19,27,37-41H2,1-14H3,(H,69,73)/b30-20-/t51-,52-,53+,56-,57+,58+,59-,61-,66+,67-,68+/m0/s1. The molecular formula is C68H93NO15Si2. The molecule has 3 aliphatic carbocycles. The Balaban J connectivity index is 1.45. The van der Waals surface area contributed by atoms with E-state index in [9.17, 15) is 19.5 Å². The first kappa shape index (κ1) is 66.2. The number of esters is 4. The molecule has 0 aromatic heterocycles. The number of para-hydroxylation sites is 1. The molecule has 468 valence electrons. The van der Waals surface area contributed by atoms with Crippen molar-refractivity contribution >= 4 is 52.2 Å². The van der Waals surface area contributed by atoms with Gasteiger partial charge in [-0.25, -0.2) is 9.59 Å². The third kappa shape index (κ3) is 12.1. The molecule has 5 aliphatic rings. The topological polar surface area (TPSA) is 209 Å². The summed E-state index contributed by atoms with van der Waals surface area (Å²) in [5, 5.41) is 18.0. The fourth-order valence-electron chi connectivity index (χ4n) is 15.4. The average molecular weight is 1220 g/mol. The lowest BCUT2D eigenvalue weighted by atomic mass is 9.44. The first-order valence-corrected chi connectivity index (χ1v) is 35.9. The summed E-state index contributed by atoms with van der Waals surface area (Å²) in [6.45, 7) is 26.7. The molecule has 3 fully saturated rings. The van der Waals surface area contributed by atoms with E-state index in [1.807, 2.05) is 12.2 Å². The van der Waals surface area contributed by atoms with Crippen LogP contribution in [-0.4, -0.2) is 118 Å². The fraction of sp³-hybridized carbons (Fsp3) is 0.588. The van der Waals surface area contributed by atoms with Crippen LogP contribution in [0.5, 0.6) is 5.75 Å². The minimum Gasteiger partial charge on any atom is -0.489 e. The lowest BCUT2D eigenvalue weighted by molar-refractivity contribution is -0.345. The predicted octanol–water partition coefficient (Wildman–Crippen LogP) is 12.5. The zero-order valence-corrected chi connectivity index (χ0v) is 55.0. The number of amides is 1. The number of aliphatic hydroxyl groups is 1. The molecule has 16 nitrogen and oxygen atoms in total. The van der Waals surface area contributed by atoms with Crippen molar-refractivity contribution in [3.05, 3.63) is 125 Å². The Labute approximate surface area is 511 Å². The molecule has 4 bridgehead atoms. The fourth-order valence-corrected chi connectivity index (χ4v) is 23.8. The highest BCUT2D eigenvalue weighted by molar-refractivity contribution is 6.77. The molecule has 86 heavy (non-hydrogen) atoms. The van der Waals surface area contributed by atoms with Gasteiger partial charge in [-0.2, -0.15) is 0 Å². The summed E-state index contributed by atoms with van der Waals surface area (Å²) in [4.78, 5) is 92.1. The van der Waals surface area contributed by atoms with Crippen molar-refractivity contribution in [3.8, 4) is 5.75 Å². The summed E-state index contributed by atoms with van der Waals surface area (Å²) in [7, 11) is -5.87. The monoisotopic (exact) mass is 1220 g/mol. The summed E-state index contributed by atoms with van der Waals surface area (Å²) in [6, 6.07) is 24.9. The molecule has 0 unspecified atom stereocenters. The molecule has 1 spiro atoms. The number of allylic oxidation sites excluding steroid dienone is 1. The van der Waals surface area contributed by atoms with Crippen molar-refractivity contribution in [1.29, 1.82) is 0 Å². The smallest absolute Gasteiger partial charge is 0.338 e. The van der Waals surface area contributed by atoms with Crippen molar-refractivity contribution in [2.24, 2.45) is 16.7 Å². The highest BCUT2D eigenvalue weighted by atomic mass is 28.4. The minimum absolute atomic E-state index is 0.0146. The predicted molar refractivity (Wildman–Crippen MR) is 331 cm³/mol. The molecule has 3 aromatic carbocycles. The molecule has 1 saturated heterocycles. The largest absolute Gasteiger partial charge is 0.489 e. The van der Waals surface area contributed by atoms with Crippen LogP contribution in [0.3, 0.4) is 0 Å². The molecule has 0 radical (unpaired) electrons. The molecule has 2 heterocycles. The van der Waals surface area contributed by atoms with Crippen molar-refractivity contribution in [2.45, 2.75) is 224 Å². The van der Waals surface area contributed by atoms with Gasteiger partial charge in [0, 0.05) is 42.7 Å². The summed E-state index contributed by atoms with van der Waals surface area (Å²) in [5.41, 5.74) is -6.51. The second-order valence-corrected chi connectivity index (χ2v) is 36.3. The van der Waals surface area contributed by atoms with E-state index in [4.69, 9.17) is 37.3 Å². The molecular weight excluding hydrogens is 1130 g/mol. The third-order valence-electron chi connectivity index (χ3n) is 20.4. The van der Waals surface area contributed by atoms with E-state index in [0.717, 1.165) is 0 Å². The molecule has 18 heteroatoms. The van der Waals surface area contributed by atoms with Gasteiger partial charge >= 0.3 is 23.9 Å².